The van der Waals surface area contributed by atoms with E-state index >= 15 is 0 Å². The molecule has 0 bridgehead atoms. The van der Waals surface area contributed by atoms with Gasteiger partial charge in [-0.25, -0.2) is 0 Å². The van der Waals surface area contributed by atoms with Crippen molar-refractivity contribution in [1.82, 2.24) is 0 Å². The third kappa shape index (κ3) is 3.77. The van der Waals surface area contributed by atoms with Gasteiger partial charge < -0.3 is 10.4 Å². The zero-order chi connectivity index (χ0) is 15.2. The minimum absolute atomic E-state index is 0.230. The molecule has 0 atom stereocenters. The molecule has 0 fully saturated rings. The number of aliphatic hydroxyl groups excluding tert-OH is 1. The minimum Gasteiger partial charge on any atom is -0.388 e. The molecule has 0 unspecified atom stereocenters. The molecule has 0 aliphatic heterocycles. The first-order valence-electron chi connectivity index (χ1n) is 6.78. The summed E-state index contributed by atoms with van der Waals surface area (Å²) in [5.74, 6) is -0.607. The highest BCUT2D eigenvalue weighted by atomic mass is 16.3. The fourth-order valence-electron chi connectivity index (χ4n) is 1.96. The molecule has 0 heterocycles. The van der Waals surface area contributed by atoms with Gasteiger partial charge in [-0.3, -0.25) is 9.59 Å². The number of amides is 1. The zero-order valence-corrected chi connectivity index (χ0v) is 11.8. The molecule has 4 heteroatoms. The first kappa shape index (κ1) is 14.9. The smallest absolute Gasteiger partial charge is 0.255 e. The number of aryl methyl sites for hydroxylation is 1. The van der Waals surface area contributed by atoms with Crippen molar-refractivity contribution in [3.05, 3.63) is 65.2 Å². The fraction of sp³-hybridized carbons (Fsp3) is 0.176. The van der Waals surface area contributed by atoms with Crippen LogP contribution in [0.5, 0.6) is 0 Å². The number of hydrogen-bond acceptors (Lipinski definition) is 3. The predicted octanol–water partition coefficient (Wildman–Crippen LogP) is 2.68. The van der Waals surface area contributed by atoms with E-state index in [0.29, 0.717) is 16.8 Å². The molecular formula is C17H17NO3. The van der Waals surface area contributed by atoms with Crippen molar-refractivity contribution in [3.63, 3.8) is 0 Å². The van der Waals surface area contributed by atoms with Gasteiger partial charge in [-0.05, 0) is 36.2 Å². The number of carbonyl (C=O) groups is 2. The number of benzene rings is 2. The summed E-state index contributed by atoms with van der Waals surface area (Å²) in [4.78, 5) is 23.5. The van der Waals surface area contributed by atoms with Crippen molar-refractivity contribution < 1.29 is 14.7 Å². The number of rotatable bonds is 5. The molecule has 0 radical (unpaired) electrons. The highest BCUT2D eigenvalue weighted by molar-refractivity contribution is 6.05. The molecule has 0 aromatic heterocycles. The first-order valence-corrected chi connectivity index (χ1v) is 6.78. The number of nitrogens with one attached hydrogen (secondary N) is 1. The highest BCUT2D eigenvalue weighted by Crippen LogP contribution is 2.13. The van der Waals surface area contributed by atoms with Crippen LogP contribution in [-0.2, 0) is 6.42 Å². The largest absolute Gasteiger partial charge is 0.388 e. The summed E-state index contributed by atoms with van der Waals surface area (Å²) in [6.45, 7) is 1.51. The van der Waals surface area contributed by atoms with Gasteiger partial charge in [0.15, 0.2) is 5.78 Å². The Morgan fingerprint density at radius 2 is 1.76 bits per heavy atom. The summed E-state index contributed by atoms with van der Waals surface area (Å²) in [5.41, 5.74) is 2.63. The van der Waals surface area contributed by atoms with Gasteiger partial charge in [-0.15, -0.1) is 0 Å². The molecule has 2 N–H and O–H groups in total. The number of Topliss-reactive ketones (excluding diaryl/α,β-unsaturated/α-hetero) is 1. The van der Waals surface area contributed by atoms with E-state index in [2.05, 4.69) is 12.2 Å². The Labute approximate surface area is 123 Å². The third-order valence-electron chi connectivity index (χ3n) is 3.21. The molecule has 21 heavy (non-hydrogen) atoms. The number of anilines is 1. The molecule has 0 saturated heterocycles. The summed E-state index contributed by atoms with van der Waals surface area (Å²) in [7, 11) is 0. The monoisotopic (exact) mass is 283 g/mol. The summed E-state index contributed by atoms with van der Waals surface area (Å²) < 4.78 is 0. The second-order valence-electron chi connectivity index (χ2n) is 4.67. The van der Waals surface area contributed by atoms with E-state index < -0.39 is 6.61 Å². The molecule has 0 saturated carbocycles. The van der Waals surface area contributed by atoms with Crippen LogP contribution in [0.1, 0.15) is 33.2 Å². The van der Waals surface area contributed by atoms with E-state index in [9.17, 15) is 9.59 Å². The topological polar surface area (TPSA) is 66.4 Å². The standard InChI is InChI=1S/C17H17NO3/c1-2-12-6-8-13(9-7-12)17(21)18-15-5-3-4-14(10-15)16(20)11-19/h3-10,19H,2,11H2,1H3,(H,18,21). The van der Waals surface area contributed by atoms with E-state index in [1.807, 2.05) is 12.1 Å². The number of ketones is 1. The Morgan fingerprint density at radius 3 is 2.38 bits per heavy atom. The van der Waals surface area contributed by atoms with Crippen LogP contribution in [0, 0.1) is 0 Å². The average molecular weight is 283 g/mol. The van der Waals surface area contributed by atoms with Gasteiger partial charge in [-0.1, -0.05) is 31.2 Å². The maximum absolute atomic E-state index is 12.1. The normalized spacial score (nSPS) is 10.2. The van der Waals surface area contributed by atoms with E-state index in [1.165, 1.54) is 5.56 Å². The first-order chi connectivity index (χ1) is 10.1. The molecular weight excluding hydrogens is 266 g/mol. The van der Waals surface area contributed by atoms with E-state index in [-0.39, 0.29) is 11.7 Å². The van der Waals surface area contributed by atoms with Crippen LogP contribution in [0.25, 0.3) is 0 Å². The Kier molecular flexibility index (Phi) is 4.85. The van der Waals surface area contributed by atoms with Crippen molar-refractivity contribution in [2.75, 3.05) is 11.9 Å². The Hall–Kier alpha value is -2.46. The lowest BCUT2D eigenvalue weighted by Crippen LogP contribution is -2.12. The molecule has 2 aromatic rings. The average Bonchev–Trinajstić information content (AvgIpc) is 2.54. The maximum atomic E-state index is 12.1. The van der Waals surface area contributed by atoms with Crippen LogP contribution < -0.4 is 5.32 Å². The molecule has 0 spiro atoms. The van der Waals surface area contributed by atoms with Gasteiger partial charge in [0.25, 0.3) is 5.91 Å². The van der Waals surface area contributed by atoms with E-state index in [1.54, 1.807) is 36.4 Å². The summed E-state index contributed by atoms with van der Waals surface area (Å²) in [6, 6.07) is 13.9. The molecule has 108 valence electrons. The van der Waals surface area contributed by atoms with Crippen molar-refractivity contribution in [3.8, 4) is 0 Å². The van der Waals surface area contributed by atoms with E-state index in [4.69, 9.17) is 5.11 Å². The molecule has 2 aromatic carbocycles. The van der Waals surface area contributed by atoms with Crippen molar-refractivity contribution in [2.24, 2.45) is 0 Å². The second kappa shape index (κ2) is 6.81. The van der Waals surface area contributed by atoms with Crippen LogP contribution in [0.4, 0.5) is 5.69 Å². The third-order valence-corrected chi connectivity index (χ3v) is 3.21. The summed E-state index contributed by atoms with van der Waals surface area (Å²) >= 11 is 0. The Bertz CT molecular complexity index is 647. The maximum Gasteiger partial charge on any atom is 0.255 e. The van der Waals surface area contributed by atoms with Crippen molar-refractivity contribution in [2.45, 2.75) is 13.3 Å². The number of carbonyl (C=O) groups excluding carboxylic acids is 2. The van der Waals surface area contributed by atoms with Crippen LogP contribution in [-0.4, -0.2) is 23.4 Å². The second-order valence-corrected chi connectivity index (χ2v) is 4.67. The number of aliphatic hydroxyl groups is 1. The molecule has 4 nitrogen and oxygen atoms in total. The van der Waals surface area contributed by atoms with Crippen molar-refractivity contribution >= 4 is 17.4 Å². The fourth-order valence-corrected chi connectivity index (χ4v) is 1.96. The molecule has 0 aliphatic carbocycles. The lowest BCUT2D eigenvalue weighted by molar-refractivity contribution is 0.0903. The Balaban J connectivity index is 2.13. The lowest BCUT2D eigenvalue weighted by Gasteiger charge is -2.07. The Morgan fingerprint density at radius 1 is 1.05 bits per heavy atom. The van der Waals surface area contributed by atoms with Gasteiger partial charge in [0.05, 0.1) is 0 Å². The van der Waals surface area contributed by atoms with Crippen LogP contribution in [0.3, 0.4) is 0 Å². The quantitative estimate of drug-likeness (QED) is 0.829. The highest BCUT2D eigenvalue weighted by Gasteiger charge is 2.08. The van der Waals surface area contributed by atoms with Gasteiger partial charge in [0, 0.05) is 16.8 Å². The van der Waals surface area contributed by atoms with Crippen LogP contribution in [0.15, 0.2) is 48.5 Å². The SMILES string of the molecule is CCc1ccc(C(=O)Nc2cccc(C(=O)CO)c2)cc1. The van der Waals surface area contributed by atoms with Crippen molar-refractivity contribution in [1.29, 1.82) is 0 Å². The predicted molar refractivity (Wildman–Crippen MR) is 81.6 cm³/mol. The van der Waals surface area contributed by atoms with Gasteiger partial charge >= 0.3 is 0 Å². The molecule has 2 rings (SSSR count). The van der Waals surface area contributed by atoms with E-state index in [0.717, 1.165) is 6.42 Å². The lowest BCUT2D eigenvalue weighted by atomic mass is 10.1. The minimum atomic E-state index is -0.546. The van der Waals surface area contributed by atoms with Crippen LogP contribution >= 0.6 is 0 Å². The number of hydrogen-bond donors (Lipinski definition) is 2. The van der Waals surface area contributed by atoms with Gasteiger partial charge in [-0.2, -0.15) is 0 Å². The molecule has 1 amide bonds. The van der Waals surface area contributed by atoms with Crippen LogP contribution in [0.2, 0.25) is 0 Å². The van der Waals surface area contributed by atoms with Gasteiger partial charge in [0.2, 0.25) is 0 Å². The summed E-state index contributed by atoms with van der Waals surface area (Å²) in [6.07, 6.45) is 0.924. The molecule has 0 aliphatic rings. The zero-order valence-electron chi connectivity index (χ0n) is 11.8. The summed E-state index contributed by atoms with van der Waals surface area (Å²) in [5, 5.41) is 11.6. The van der Waals surface area contributed by atoms with Gasteiger partial charge in [0.1, 0.15) is 6.61 Å².